The molecule has 1 aromatic carbocycles. The van der Waals surface area contributed by atoms with E-state index in [9.17, 15) is 9.59 Å². The minimum atomic E-state index is -0.823. The molecule has 2 amide bonds. The number of urea groups is 1. The topological polar surface area (TPSA) is 100 Å². The van der Waals surface area contributed by atoms with Gasteiger partial charge < -0.3 is 25.2 Å². The van der Waals surface area contributed by atoms with Gasteiger partial charge >= 0.3 is 12.0 Å². The van der Waals surface area contributed by atoms with E-state index >= 15 is 0 Å². The number of rotatable bonds is 9. The van der Waals surface area contributed by atoms with Crippen molar-refractivity contribution < 1.29 is 24.2 Å². The van der Waals surface area contributed by atoms with Crippen molar-refractivity contribution in [3.63, 3.8) is 0 Å². The van der Waals surface area contributed by atoms with Crippen LogP contribution in [0.3, 0.4) is 0 Å². The van der Waals surface area contributed by atoms with Gasteiger partial charge in [0.05, 0.1) is 20.8 Å². The molecule has 8 nitrogen and oxygen atoms in total. The number of nitrogens with zero attached hydrogens (tertiary/aromatic N) is 1. The van der Waals surface area contributed by atoms with Crippen molar-refractivity contribution in [1.29, 1.82) is 0 Å². The maximum absolute atomic E-state index is 12.0. The lowest BCUT2D eigenvalue weighted by atomic mass is 9.85. The van der Waals surface area contributed by atoms with Gasteiger partial charge in [-0.1, -0.05) is 13.0 Å². The molecule has 26 heavy (non-hydrogen) atoms. The first kappa shape index (κ1) is 19.8. The Morgan fingerprint density at radius 2 is 1.92 bits per heavy atom. The number of amides is 2. The predicted molar refractivity (Wildman–Crippen MR) is 96.6 cm³/mol. The van der Waals surface area contributed by atoms with E-state index in [1.807, 2.05) is 24.0 Å². The third-order valence-corrected chi connectivity index (χ3v) is 4.61. The molecule has 0 spiro atoms. The molecule has 0 aliphatic heterocycles. The third-order valence-electron chi connectivity index (χ3n) is 4.61. The van der Waals surface area contributed by atoms with Crippen molar-refractivity contribution in [2.75, 3.05) is 27.3 Å². The molecular weight excluding hydrogens is 338 g/mol. The Hall–Kier alpha value is -2.48. The normalized spacial score (nSPS) is 18.8. The Labute approximate surface area is 153 Å². The number of carboxylic acids is 1. The SMILES string of the molecule is CCN(CC(=O)O)C1CC(NC(=O)NCc2ccc(OC)c(OC)c2)C1. The second-order valence-corrected chi connectivity index (χ2v) is 6.30. The molecule has 1 saturated carbocycles. The molecular formula is C18H27N3O5. The average Bonchev–Trinajstić information content (AvgIpc) is 2.60. The summed E-state index contributed by atoms with van der Waals surface area (Å²) >= 11 is 0. The highest BCUT2D eigenvalue weighted by molar-refractivity contribution is 5.74. The largest absolute Gasteiger partial charge is 0.493 e. The second kappa shape index (κ2) is 9.28. The summed E-state index contributed by atoms with van der Waals surface area (Å²) < 4.78 is 10.4. The molecule has 3 N–H and O–H groups in total. The van der Waals surface area contributed by atoms with Crippen LogP contribution in [0.25, 0.3) is 0 Å². The maximum atomic E-state index is 12.0. The van der Waals surface area contributed by atoms with Crippen molar-refractivity contribution in [3.05, 3.63) is 23.8 Å². The standard InChI is InChI=1S/C18H27N3O5/c1-4-21(11-17(22)23)14-8-13(9-14)20-18(24)19-10-12-5-6-15(25-2)16(7-12)26-3/h5-7,13-14H,4,8-11H2,1-3H3,(H,22,23)(H2,19,20,24). The number of hydrogen-bond donors (Lipinski definition) is 3. The predicted octanol–water partition coefficient (Wildman–Crippen LogP) is 1.44. The first-order valence-electron chi connectivity index (χ1n) is 8.67. The van der Waals surface area contributed by atoms with Gasteiger partial charge in [0, 0.05) is 18.6 Å². The Bertz CT molecular complexity index is 631. The highest BCUT2D eigenvalue weighted by atomic mass is 16.5. The number of hydrogen-bond acceptors (Lipinski definition) is 5. The molecule has 144 valence electrons. The number of ether oxygens (including phenoxy) is 2. The minimum Gasteiger partial charge on any atom is -0.493 e. The second-order valence-electron chi connectivity index (χ2n) is 6.30. The Kier molecular flexibility index (Phi) is 7.08. The highest BCUT2D eigenvalue weighted by Crippen LogP contribution is 2.27. The fourth-order valence-corrected chi connectivity index (χ4v) is 3.09. The molecule has 0 heterocycles. The van der Waals surface area contributed by atoms with Crippen LogP contribution in [0, 0.1) is 0 Å². The van der Waals surface area contributed by atoms with Crippen LogP contribution in [0.15, 0.2) is 18.2 Å². The summed E-state index contributed by atoms with van der Waals surface area (Å²) in [6.07, 6.45) is 1.54. The average molecular weight is 365 g/mol. The van der Waals surface area contributed by atoms with Crippen LogP contribution < -0.4 is 20.1 Å². The van der Waals surface area contributed by atoms with Gasteiger partial charge in [0.2, 0.25) is 0 Å². The Morgan fingerprint density at radius 3 is 2.50 bits per heavy atom. The van der Waals surface area contributed by atoms with Crippen LogP contribution >= 0.6 is 0 Å². The fraction of sp³-hybridized carbons (Fsp3) is 0.556. The van der Waals surface area contributed by atoms with E-state index in [0.29, 0.717) is 24.6 Å². The first-order chi connectivity index (χ1) is 12.5. The highest BCUT2D eigenvalue weighted by Gasteiger charge is 2.34. The minimum absolute atomic E-state index is 0.0411. The molecule has 0 bridgehead atoms. The van der Waals surface area contributed by atoms with E-state index in [4.69, 9.17) is 14.6 Å². The van der Waals surface area contributed by atoms with Gasteiger partial charge in [-0.05, 0) is 37.1 Å². The molecule has 0 radical (unpaired) electrons. The van der Waals surface area contributed by atoms with Crippen LogP contribution in [0.1, 0.15) is 25.3 Å². The summed E-state index contributed by atoms with van der Waals surface area (Å²) in [7, 11) is 3.14. The van der Waals surface area contributed by atoms with Crippen LogP contribution in [-0.2, 0) is 11.3 Å². The number of nitrogens with one attached hydrogen (secondary N) is 2. The molecule has 0 aromatic heterocycles. The number of benzene rings is 1. The van der Waals surface area contributed by atoms with E-state index in [0.717, 1.165) is 18.4 Å². The van der Waals surface area contributed by atoms with Gasteiger partial charge in [-0.2, -0.15) is 0 Å². The van der Waals surface area contributed by atoms with Crippen LogP contribution in [-0.4, -0.2) is 61.4 Å². The number of methoxy groups -OCH3 is 2. The smallest absolute Gasteiger partial charge is 0.317 e. The van der Waals surface area contributed by atoms with Crippen molar-refractivity contribution in [3.8, 4) is 11.5 Å². The molecule has 0 saturated heterocycles. The zero-order chi connectivity index (χ0) is 19.1. The zero-order valence-electron chi connectivity index (χ0n) is 15.4. The van der Waals surface area contributed by atoms with E-state index in [-0.39, 0.29) is 24.7 Å². The van der Waals surface area contributed by atoms with E-state index in [2.05, 4.69) is 10.6 Å². The molecule has 0 unspecified atom stereocenters. The first-order valence-corrected chi connectivity index (χ1v) is 8.67. The summed E-state index contributed by atoms with van der Waals surface area (Å²) in [6.45, 7) is 3.05. The van der Waals surface area contributed by atoms with Gasteiger partial charge in [0.25, 0.3) is 0 Å². The zero-order valence-corrected chi connectivity index (χ0v) is 15.4. The summed E-state index contributed by atoms with van der Waals surface area (Å²) in [4.78, 5) is 24.8. The van der Waals surface area contributed by atoms with Gasteiger partial charge in [-0.15, -0.1) is 0 Å². The van der Waals surface area contributed by atoms with Crippen molar-refractivity contribution >= 4 is 12.0 Å². The Morgan fingerprint density at radius 1 is 1.23 bits per heavy atom. The molecule has 1 aliphatic carbocycles. The third kappa shape index (κ3) is 5.26. The van der Waals surface area contributed by atoms with E-state index in [1.54, 1.807) is 20.3 Å². The molecule has 0 atom stereocenters. The number of likely N-dealkylation sites (N-methyl/N-ethyl adjacent to an activating group) is 1. The summed E-state index contributed by atoms with van der Waals surface area (Å²) in [6, 6.07) is 5.55. The van der Waals surface area contributed by atoms with Crippen LogP contribution in [0.2, 0.25) is 0 Å². The van der Waals surface area contributed by atoms with Gasteiger partial charge in [-0.25, -0.2) is 4.79 Å². The van der Waals surface area contributed by atoms with E-state index < -0.39 is 5.97 Å². The molecule has 1 aliphatic rings. The molecule has 8 heteroatoms. The van der Waals surface area contributed by atoms with Crippen LogP contribution in [0.4, 0.5) is 4.79 Å². The fourth-order valence-electron chi connectivity index (χ4n) is 3.09. The van der Waals surface area contributed by atoms with Gasteiger partial charge in [0.1, 0.15) is 0 Å². The summed E-state index contributed by atoms with van der Waals surface area (Å²) in [5.41, 5.74) is 0.905. The van der Waals surface area contributed by atoms with Crippen molar-refractivity contribution in [1.82, 2.24) is 15.5 Å². The Balaban J connectivity index is 1.74. The van der Waals surface area contributed by atoms with Crippen molar-refractivity contribution in [2.24, 2.45) is 0 Å². The van der Waals surface area contributed by atoms with Gasteiger partial charge in [-0.3, -0.25) is 9.69 Å². The number of carboxylic acid groups (broad SMARTS) is 1. The molecule has 1 aromatic rings. The number of aliphatic carboxylic acids is 1. The van der Waals surface area contributed by atoms with Gasteiger partial charge in [0.15, 0.2) is 11.5 Å². The molecule has 1 fully saturated rings. The maximum Gasteiger partial charge on any atom is 0.317 e. The lowest BCUT2D eigenvalue weighted by Gasteiger charge is -2.42. The quantitative estimate of drug-likeness (QED) is 0.612. The lowest BCUT2D eigenvalue weighted by Crippen LogP contribution is -2.56. The summed E-state index contributed by atoms with van der Waals surface area (Å²) in [5, 5.41) is 14.6. The van der Waals surface area contributed by atoms with Crippen LogP contribution in [0.5, 0.6) is 11.5 Å². The van der Waals surface area contributed by atoms with E-state index in [1.165, 1.54) is 0 Å². The monoisotopic (exact) mass is 365 g/mol. The number of carbonyl (C=O) groups excluding carboxylic acids is 1. The summed E-state index contributed by atoms with van der Waals surface area (Å²) in [5.74, 6) is 0.436. The van der Waals surface area contributed by atoms with Crippen molar-refractivity contribution in [2.45, 2.75) is 38.4 Å². The molecule has 2 rings (SSSR count). The number of carbonyl (C=O) groups is 2. The lowest BCUT2D eigenvalue weighted by molar-refractivity contribution is -0.139.